The summed E-state index contributed by atoms with van der Waals surface area (Å²) >= 11 is 0. The van der Waals surface area contributed by atoms with Crippen LogP contribution in [0.15, 0.2) is 42.6 Å². The predicted molar refractivity (Wildman–Crippen MR) is 96.9 cm³/mol. The maximum atomic E-state index is 11.7. The van der Waals surface area contributed by atoms with Crippen LogP contribution in [0.5, 0.6) is 0 Å². The van der Waals surface area contributed by atoms with Crippen molar-refractivity contribution in [2.75, 3.05) is 10.6 Å². The van der Waals surface area contributed by atoms with Gasteiger partial charge in [0, 0.05) is 24.2 Å². The zero-order chi connectivity index (χ0) is 18.7. The van der Waals surface area contributed by atoms with Gasteiger partial charge in [0.25, 0.3) is 0 Å². The number of hydrogen-bond donors (Lipinski definition) is 2. The van der Waals surface area contributed by atoms with Crippen LogP contribution in [0.4, 0.5) is 17.3 Å². The van der Waals surface area contributed by atoms with E-state index in [1.54, 1.807) is 12.1 Å². The molecule has 2 N–H and O–H groups in total. The molecule has 2 aromatic heterocycles. The molecule has 2 heterocycles. The van der Waals surface area contributed by atoms with Crippen LogP contribution in [0.2, 0.25) is 0 Å². The highest BCUT2D eigenvalue weighted by atomic mass is 16.6. The van der Waals surface area contributed by atoms with Crippen LogP contribution >= 0.6 is 0 Å². The Balaban J connectivity index is 1.67. The van der Waals surface area contributed by atoms with E-state index in [-0.39, 0.29) is 17.6 Å². The van der Waals surface area contributed by atoms with Crippen molar-refractivity contribution in [1.29, 1.82) is 0 Å². The van der Waals surface area contributed by atoms with E-state index < -0.39 is 4.92 Å². The minimum atomic E-state index is -0.527. The smallest absolute Gasteiger partial charge is 0.363 e. The molecule has 3 aromatic rings. The van der Waals surface area contributed by atoms with E-state index in [9.17, 15) is 14.9 Å². The lowest BCUT2D eigenvalue weighted by Gasteiger charge is -2.09. The van der Waals surface area contributed by atoms with Gasteiger partial charge in [0.15, 0.2) is 5.82 Å². The van der Waals surface area contributed by atoms with Gasteiger partial charge in [-0.25, -0.2) is 4.98 Å². The predicted octanol–water partition coefficient (Wildman–Crippen LogP) is 2.84. The molecule has 0 bridgehead atoms. The Morgan fingerprint density at radius 3 is 2.62 bits per heavy atom. The quantitative estimate of drug-likeness (QED) is 0.519. The van der Waals surface area contributed by atoms with Crippen molar-refractivity contribution in [3.05, 3.63) is 58.3 Å². The van der Waals surface area contributed by atoms with Crippen LogP contribution in [-0.4, -0.2) is 25.4 Å². The molecular weight excluding hydrogens is 336 g/mol. The normalized spacial score (nSPS) is 10.9. The topological polar surface area (TPSA) is 114 Å². The first-order valence-electron chi connectivity index (χ1n) is 8.07. The van der Waals surface area contributed by atoms with Crippen molar-refractivity contribution >= 4 is 28.9 Å². The summed E-state index contributed by atoms with van der Waals surface area (Å²) in [5, 5.41) is 21.1. The summed E-state index contributed by atoms with van der Waals surface area (Å²) < 4.78 is 1.19. The van der Waals surface area contributed by atoms with E-state index in [0.29, 0.717) is 18.0 Å². The molecule has 0 saturated carbocycles. The molecular formula is C17H18N6O3. The van der Waals surface area contributed by atoms with Gasteiger partial charge in [-0.1, -0.05) is 35.6 Å². The van der Waals surface area contributed by atoms with Crippen molar-refractivity contribution in [3.8, 4) is 0 Å². The van der Waals surface area contributed by atoms with Crippen molar-refractivity contribution in [1.82, 2.24) is 14.6 Å². The molecule has 1 aromatic carbocycles. The van der Waals surface area contributed by atoms with Crippen LogP contribution in [0.3, 0.4) is 0 Å². The first-order chi connectivity index (χ1) is 12.4. The fourth-order valence-corrected chi connectivity index (χ4v) is 2.27. The SMILES string of the molecule is CC(C)C(=O)Nc1ccc(CNc2ccc3ncc([N+](=O)[O-])n3n2)cc1. The molecule has 26 heavy (non-hydrogen) atoms. The number of nitro groups is 1. The molecule has 9 heteroatoms. The average Bonchev–Trinajstić information content (AvgIpc) is 3.04. The molecule has 0 fully saturated rings. The molecule has 0 unspecified atom stereocenters. The Kier molecular flexibility index (Phi) is 4.78. The van der Waals surface area contributed by atoms with E-state index in [1.807, 2.05) is 38.1 Å². The molecule has 0 aliphatic rings. The van der Waals surface area contributed by atoms with Crippen molar-refractivity contribution in [2.45, 2.75) is 20.4 Å². The van der Waals surface area contributed by atoms with Gasteiger partial charge in [0.1, 0.15) is 6.20 Å². The molecule has 0 aliphatic carbocycles. The van der Waals surface area contributed by atoms with Crippen LogP contribution in [0.1, 0.15) is 19.4 Å². The summed E-state index contributed by atoms with van der Waals surface area (Å²) in [5.74, 6) is 0.199. The first-order valence-corrected chi connectivity index (χ1v) is 8.07. The number of nitrogens with zero attached hydrogens (tertiary/aromatic N) is 4. The lowest BCUT2D eigenvalue weighted by Crippen LogP contribution is -2.17. The Bertz CT molecular complexity index is 949. The minimum absolute atomic E-state index is 0.0321. The summed E-state index contributed by atoms with van der Waals surface area (Å²) in [6.45, 7) is 4.16. The molecule has 0 saturated heterocycles. The highest BCUT2D eigenvalue weighted by Gasteiger charge is 2.15. The van der Waals surface area contributed by atoms with Gasteiger partial charge in [-0.3, -0.25) is 4.79 Å². The summed E-state index contributed by atoms with van der Waals surface area (Å²) in [7, 11) is 0. The maximum absolute atomic E-state index is 11.7. The highest BCUT2D eigenvalue weighted by Crippen LogP contribution is 2.16. The number of nitrogens with one attached hydrogen (secondary N) is 2. The largest absolute Gasteiger partial charge is 0.368 e. The Labute approximate surface area is 149 Å². The Hall–Kier alpha value is -3.49. The number of carbonyl (C=O) groups excluding carboxylic acids is 1. The third-order valence-electron chi connectivity index (χ3n) is 3.75. The zero-order valence-corrected chi connectivity index (χ0v) is 14.3. The van der Waals surface area contributed by atoms with Crippen LogP contribution in [0, 0.1) is 16.0 Å². The van der Waals surface area contributed by atoms with Gasteiger partial charge in [-0.05, 0) is 28.7 Å². The Morgan fingerprint density at radius 1 is 1.23 bits per heavy atom. The molecule has 9 nitrogen and oxygen atoms in total. The molecule has 0 spiro atoms. The second-order valence-electron chi connectivity index (χ2n) is 6.06. The van der Waals surface area contributed by atoms with Crippen LogP contribution in [0.25, 0.3) is 5.65 Å². The minimum Gasteiger partial charge on any atom is -0.363 e. The molecule has 0 radical (unpaired) electrons. The second-order valence-corrected chi connectivity index (χ2v) is 6.06. The number of amides is 1. The molecule has 134 valence electrons. The van der Waals surface area contributed by atoms with Gasteiger partial charge >= 0.3 is 5.82 Å². The zero-order valence-electron chi connectivity index (χ0n) is 14.3. The van der Waals surface area contributed by atoms with E-state index in [4.69, 9.17) is 0 Å². The lowest BCUT2D eigenvalue weighted by atomic mass is 10.1. The number of carbonyl (C=O) groups is 1. The lowest BCUT2D eigenvalue weighted by molar-refractivity contribution is -0.391. The monoisotopic (exact) mass is 354 g/mol. The molecule has 0 aliphatic heterocycles. The number of imidazole rings is 1. The molecule has 1 amide bonds. The summed E-state index contributed by atoms with van der Waals surface area (Å²) in [6, 6.07) is 10.8. The van der Waals surface area contributed by atoms with E-state index in [1.165, 1.54) is 10.7 Å². The molecule has 0 atom stereocenters. The van der Waals surface area contributed by atoms with Crippen molar-refractivity contribution < 1.29 is 9.72 Å². The average molecular weight is 354 g/mol. The fourth-order valence-electron chi connectivity index (χ4n) is 2.27. The van der Waals surface area contributed by atoms with Gasteiger partial charge in [0.05, 0.1) is 0 Å². The number of hydrogen-bond acceptors (Lipinski definition) is 6. The maximum Gasteiger partial charge on any atom is 0.368 e. The summed E-state index contributed by atoms with van der Waals surface area (Å²) in [4.78, 5) is 26.1. The van der Waals surface area contributed by atoms with Crippen LogP contribution < -0.4 is 10.6 Å². The second kappa shape index (κ2) is 7.18. The van der Waals surface area contributed by atoms with Gasteiger partial charge in [-0.15, -0.1) is 0 Å². The Morgan fingerprint density at radius 2 is 1.96 bits per heavy atom. The first kappa shape index (κ1) is 17.3. The molecule has 3 rings (SSSR count). The summed E-state index contributed by atoms with van der Waals surface area (Å²) in [6.07, 6.45) is 1.18. The number of aromatic nitrogens is 3. The van der Waals surface area contributed by atoms with Gasteiger partial charge in [-0.2, -0.15) is 0 Å². The van der Waals surface area contributed by atoms with Crippen molar-refractivity contribution in [2.24, 2.45) is 5.92 Å². The highest BCUT2D eigenvalue weighted by molar-refractivity contribution is 5.92. The van der Waals surface area contributed by atoms with E-state index in [0.717, 1.165) is 11.3 Å². The van der Waals surface area contributed by atoms with E-state index >= 15 is 0 Å². The van der Waals surface area contributed by atoms with E-state index in [2.05, 4.69) is 20.7 Å². The fraction of sp³-hybridized carbons (Fsp3) is 0.235. The van der Waals surface area contributed by atoms with Crippen molar-refractivity contribution in [3.63, 3.8) is 0 Å². The van der Waals surface area contributed by atoms with Gasteiger partial charge in [0.2, 0.25) is 11.6 Å². The number of benzene rings is 1. The number of rotatable bonds is 6. The van der Waals surface area contributed by atoms with Crippen LogP contribution in [-0.2, 0) is 11.3 Å². The third-order valence-corrected chi connectivity index (χ3v) is 3.75. The van der Waals surface area contributed by atoms with Gasteiger partial charge < -0.3 is 20.7 Å². The summed E-state index contributed by atoms with van der Waals surface area (Å²) in [5.41, 5.74) is 2.13. The number of fused-ring (bicyclic) bond motifs is 1. The standard InChI is InChI=1S/C17H18N6O3/c1-11(2)17(24)20-13-5-3-12(4-6-13)9-18-14-7-8-15-19-10-16(23(25)26)22(15)21-14/h3-8,10-11H,9H2,1-2H3,(H,18,21)(H,20,24). The third kappa shape index (κ3) is 3.77. The number of anilines is 2.